The molecule has 1 aromatic heterocycles. The molecule has 1 aliphatic heterocycles. The molecule has 0 radical (unpaired) electrons. The molecule has 1 atom stereocenters. The molecule has 9 nitrogen and oxygen atoms in total. The minimum absolute atomic E-state index is 0.268. The summed E-state index contributed by atoms with van der Waals surface area (Å²) >= 11 is 0. The molecule has 1 saturated heterocycles. The monoisotopic (exact) mass is 405 g/mol. The number of benzene rings is 1. The van der Waals surface area contributed by atoms with Gasteiger partial charge in [0.1, 0.15) is 11.4 Å². The number of nitrogens with zero attached hydrogens (tertiary/aromatic N) is 6. The van der Waals surface area contributed by atoms with Crippen LogP contribution in [-0.2, 0) is 16.8 Å². The van der Waals surface area contributed by atoms with Gasteiger partial charge < -0.3 is 15.0 Å². The number of urea groups is 1. The summed E-state index contributed by atoms with van der Waals surface area (Å²) in [6.45, 7) is 3.74. The summed E-state index contributed by atoms with van der Waals surface area (Å²) < 4.78 is 20.7. The minimum Gasteiger partial charge on any atom is -0.383 e. The van der Waals surface area contributed by atoms with Crippen LogP contribution >= 0.6 is 0 Å². The lowest BCUT2D eigenvalue weighted by molar-refractivity contribution is 0.0473. The number of halogens is 1. The maximum Gasteiger partial charge on any atom is 0.321 e. The zero-order valence-electron chi connectivity index (χ0n) is 17.4. The molecule has 29 heavy (non-hydrogen) atoms. The molecule has 10 heteroatoms. The van der Waals surface area contributed by atoms with Gasteiger partial charge in [-0.2, -0.15) is 0 Å². The number of amides is 2. The van der Waals surface area contributed by atoms with E-state index in [1.54, 1.807) is 35.7 Å². The first kappa shape index (κ1) is 21.1. The second kappa shape index (κ2) is 8.83. The lowest BCUT2D eigenvalue weighted by Gasteiger charge is -2.45. The fourth-order valence-electron chi connectivity index (χ4n) is 3.70. The first-order valence-electron chi connectivity index (χ1n) is 9.62. The third-order valence-electron chi connectivity index (χ3n) is 5.49. The molecule has 2 heterocycles. The molecular formula is C19H28FN7O2. The Hall–Kier alpha value is -2.59. The van der Waals surface area contributed by atoms with Crippen LogP contribution in [-0.4, -0.2) is 76.9 Å². The van der Waals surface area contributed by atoms with Gasteiger partial charge in [0.05, 0.1) is 13.2 Å². The molecule has 0 aliphatic carbocycles. The summed E-state index contributed by atoms with van der Waals surface area (Å²) in [6, 6.07) is 4.41. The fourth-order valence-corrected chi connectivity index (χ4v) is 3.70. The Bertz CT molecular complexity index is 857. The third-order valence-corrected chi connectivity index (χ3v) is 5.49. The van der Waals surface area contributed by atoms with E-state index in [0.717, 1.165) is 12.8 Å². The summed E-state index contributed by atoms with van der Waals surface area (Å²) in [5.41, 5.74) is 0.449. The van der Waals surface area contributed by atoms with Gasteiger partial charge in [-0.1, -0.05) is 6.07 Å². The van der Waals surface area contributed by atoms with Crippen molar-refractivity contribution in [2.75, 3.05) is 46.2 Å². The lowest BCUT2D eigenvalue weighted by Crippen LogP contribution is -2.57. The van der Waals surface area contributed by atoms with Crippen molar-refractivity contribution in [2.45, 2.75) is 31.8 Å². The number of nitrogens with one attached hydrogen (secondary N) is 1. The topological polar surface area (TPSA) is 88.4 Å². The van der Waals surface area contributed by atoms with E-state index in [9.17, 15) is 9.18 Å². The standard InChI is InChI=1S/C19H28FN7O2/c1-14-6-7-15(12-16(14)20)21-18(28)26-9-5-8-19(13-26,25(2)3)17-22-23-24-27(17)10-11-29-4/h6-7,12H,5,8-11,13H2,1-4H3,(H,21,28). The van der Waals surface area contributed by atoms with Crippen LogP contribution in [0.15, 0.2) is 18.2 Å². The van der Waals surface area contributed by atoms with Gasteiger partial charge in [-0.3, -0.25) is 4.90 Å². The maximum absolute atomic E-state index is 13.8. The number of ether oxygens (including phenoxy) is 1. The molecule has 1 aliphatic rings. The van der Waals surface area contributed by atoms with E-state index in [4.69, 9.17) is 4.74 Å². The number of piperidine rings is 1. The zero-order valence-corrected chi connectivity index (χ0v) is 17.4. The largest absolute Gasteiger partial charge is 0.383 e. The van der Waals surface area contributed by atoms with Crippen molar-refractivity contribution >= 4 is 11.7 Å². The molecule has 1 unspecified atom stereocenters. The van der Waals surface area contributed by atoms with Crippen LogP contribution < -0.4 is 5.32 Å². The molecule has 3 rings (SSSR count). The number of rotatable bonds is 6. The number of hydrogen-bond donors (Lipinski definition) is 1. The Kier molecular flexibility index (Phi) is 6.43. The highest BCUT2D eigenvalue weighted by Crippen LogP contribution is 2.35. The van der Waals surface area contributed by atoms with Crippen molar-refractivity contribution in [1.29, 1.82) is 0 Å². The van der Waals surface area contributed by atoms with E-state index in [1.807, 2.05) is 14.1 Å². The number of aryl methyl sites for hydroxylation is 1. The summed E-state index contributed by atoms with van der Waals surface area (Å²) in [7, 11) is 5.56. The Morgan fingerprint density at radius 3 is 2.90 bits per heavy atom. The highest BCUT2D eigenvalue weighted by molar-refractivity contribution is 5.89. The normalized spacial score (nSPS) is 19.6. The Morgan fingerprint density at radius 1 is 1.41 bits per heavy atom. The number of likely N-dealkylation sites (tertiary alicyclic amines) is 1. The SMILES string of the molecule is COCCn1nnnc1C1(N(C)C)CCCN(C(=O)Nc2ccc(C)c(F)c2)C1. The van der Waals surface area contributed by atoms with Crippen molar-refractivity contribution in [3.63, 3.8) is 0 Å². The lowest BCUT2D eigenvalue weighted by atomic mass is 9.86. The Morgan fingerprint density at radius 2 is 2.21 bits per heavy atom. The van der Waals surface area contributed by atoms with Gasteiger partial charge in [0.15, 0.2) is 5.82 Å². The minimum atomic E-state index is -0.522. The van der Waals surface area contributed by atoms with E-state index < -0.39 is 5.54 Å². The van der Waals surface area contributed by atoms with Crippen LogP contribution in [0.25, 0.3) is 0 Å². The molecule has 1 aromatic carbocycles. The van der Waals surface area contributed by atoms with Crippen LogP contribution in [0.4, 0.5) is 14.9 Å². The molecule has 0 spiro atoms. The summed E-state index contributed by atoms with van der Waals surface area (Å²) in [5.74, 6) is 0.361. The molecule has 0 bridgehead atoms. The molecule has 1 fully saturated rings. The average Bonchev–Trinajstić information content (AvgIpc) is 3.18. The number of carbonyl (C=O) groups is 1. The van der Waals surface area contributed by atoms with E-state index in [-0.39, 0.29) is 11.8 Å². The maximum atomic E-state index is 13.8. The van der Waals surface area contributed by atoms with Gasteiger partial charge in [-0.05, 0) is 62.0 Å². The second-order valence-corrected chi connectivity index (χ2v) is 7.56. The van der Waals surface area contributed by atoms with Crippen molar-refractivity contribution in [3.8, 4) is 0 Å². The first-order valence-corrected chi connectivity index (χ1v) is 9.62. The molecule has 2 aromatic rings. The van der Waals surface area contributed by atoms with Gasteiger partial charge in [0.2, 0.25) is 0 Å². The molecule has 2 amide bonds. The van der Waals surface area contributed by atoms with Crippen molar-refractivity contribution < 1.29 is 13.9 Å². The van der Waals surface area contributed by atoms with Crippen LogP contribution in [0.3, 0.4) is 0 Å². The van der Waals surface area contributed by atoms with Gasteiger partial charge >= 0.3 is 6.03 Å². The highest BCUT2D eigenvalue weighted by atomic mass is 19.1. The predicted molar refractivity (Wildman–Crippen MR) is 106 cm³/mol. The zero-order chi connectivity index (χ0) is 21.0. The van der Waals surface area contributed by atoms with Gasteiger partial charge in [-0.15, -0.1) is 5.10 Å². The number of hydrogen-bond acceptors (Lipinski definition) is 6. The van der Waals surface area contributed by atoms with E-state index >= 15 is 0 Å². The Labute approximate surface area is 169 Å². The van der Waals surface area contributed by atoms with E-state index in [1.165, 1.54) is 6.07 Å². The van der Waals surface area contributed by atoms with Crippen LogP contribution in [0.5, 0.6) is 0 Å². The van der Waals surface area contributed by atoms with Crippen LogP contribution in [0.2, 0.25) is 0 Å². The molecule has 0 saturated carbocycles. The number of likely N-dealkylation sites (N-methyl/N-ethyl adjacent to an activating group) is 1. The molecule has 1 N–H and O–H groups in total. The molecule has 158 valence electrons. The quantitative estimate of drug-likeness (QED) is 0.789. The van der Waals surface area contributed by atoms with Crippen LogP contribution in [0, 0.1) is 12.7 Å². The summed E-state index contributed by atoms with van der Waals surface area (Å²) in [6.07, 6.45) is 1.61. The number of carbonyl (C=O) groups excluding carboxylic acids is 1. The van der Waals surface area contributed by atoms with Gasteiger partial charge in [0.25, 0.3) is 0 Å². The van der Waals surface area contributed by atoms with Crippen molar-refractivity contribution in [3.05, 3.63) is 35.4 Å². The van der Waals surface area contributed by atoms with E-state index in [2.05, 4.69) is 25.7 Å². The number of anilines is 1. The number of methoxy groups -OCH3 is 1. The average molecular weight is 405 g/mol. The van der Waals surface area contributed by atoms with Gasteiger partial charge in [0, 0.05) is 25.9 Å². The predicted octanol–water partition coefficient (Wildman–Crippen LogP) is 1.85. The Balaban J connectivity index is 1.81. The van der Waals surface area contributed by atoms with Gasteiger partial charge in [-0.25, -0.2) is 13.9 Å². The smallest absolute Gasteiger partial charge is 0.321 e. The van der Waals surface area contributed by atoms with E-state index in [0.29, 0.717) is 43.3 Å². The number of tetrazole rings is 1. The number of aromatic nitrogens is 4. The first-order chi connectivity index (χ1) is 13.9. The summed E-state index contributed by atoms with van der Waals surface area (Å²) in [4.78, 5) is 16.7. The second-order valence-electron chi connectivity index (χ2n) is 7.56. The summed E-state index contributed by atoms with van der Waals surface area (Å²) in [5, 5.41) is 15.0. The van der Waals surface area contributed by atoms with Crippen molar-refractivity contribution in [2.24, 2.45) is 0 Å². The van der Waals surface area contributed by atoms with Crippen molar-refractivity contribution in [1.82, 2.24) is 30.0 Å². The molecular weight excluding hydrogens is 377 g/mol. The third kappa shape index (κ3) is 4.38. The highest BCUT2D eigenvalue weighted by Gasteiger charge is 2.44. The fraction of sp³-hybridized carbons (Fsp3) is 0.579. The van der Waals surface area contributed by atoms with Crippen LogP contribution in [0.1, 0.15) is 24.2 Å².